The van der Waals surface area contributed by atoms with E-state index in [4.69, 9.17) is 14.2 Å². The third kappa shape index (κ3) is 4.08. The average molecular weight is 231 g/mol. The summed E-state index contributed by atoms with van der Waals surface area (Å²) in [7, 11) is 1.64. The van der Waals surface area contributed by atoms with E-state index >= 15 is 0 Å². The van der Waals surface area contributed by atoms with Crippen molar-refractivity contribution in [2.75, 3.05) is 40.1 Å². The van der Waals surface area contributed by atoms with Crippen molar-refractivity contribution in [3.63, 3.8) is 0 Å². The van der Waals surface area contributed by atoms with Crippen LogP contribution in [0.4, 0.5) is 0 Å². The van der Waals surface area contributed by atoms with Crippen molar-refractivity contribution in [3.05, 3.63) is 0 Å². The molecule has 94 valence electrons. The minimum Gasteiger partial charge on any atom is -0.465 e. The molecule has 1 aliphatic rings. The SMILES string of the molecule is CCOC(=O)C(NCCOC)C1CCOC1. The summed E-state index contributed by atoms with van der Waals surface area (Å²) in [6.07, 6.45) is 0.906. The largest absolute Gasteiger partial charge is 0.465 e. The molecule has 1 heterocycles. The van der Waals surface area contributed by atoms with Crippen LogP contribution in [0.3, 0.4) is 0 Å². The highest BCUT2D eigenvalue weighted by Crippen LogP contribution is 2.17. The van der Waals surface area contributed by atoms with Gasteiger partial charge in [0.15, 0.2) is 0 Å². The van der Waals surface area contributed by atoms with Gasteiger partial charge in [-0.2, -0.15) is 0 Å². The van der Waals surface area contributed by atoms with Gasteiger partial charge in [0.1, 0.15) is 6.04 Å². The van der Waals surface area contributed by atoms with Gasteiger partial charge in [-0.15, -0.1) is 0 Å². The van der Waals surface area contributed by atoms with E-state index in [2.05, 4.69) is 5.32 Å². The van der Waals surface area contributed by atoms with Crippen molar-refractivity contribution in [2.45, 2.75) is 19.4 Å². The van der Waals surface area contributed by atoms with Crippen LogP contribution in [0.2, 0.25) is 0 Å². The molecule has 0 amide bonds. The molecule has 0 spiro atoms. The number of ether oxygens (including phenoxy) is 3. The molecule has 16 heavy (non-hydrogen) atoms. The van der Waals surface area contributed by atoms with Crippen molar-refractivity contribution in [1.29, 1.82) is 0 Å². The predicted octanol–water partition coefficient (Wildman–Crippen LogP) is 0.191. The highest BCUT2D eigenvalue weighted by atomic mass is 16.5. The molecule has 1 fully saturated rings. The van der Waals surface area contributed by atoms with Gasteiger partial charge in [0.05, 0.1) is 19.8 Å². The van der Waals surface area contributed by atoms with Gasteiger partial charge in [-0.3, -0.25) is 4.79 Å². The first-order valence-corrected chi connectivity index (χ1v) is 5.76. The van der Waals surface area contributed by atoms with Gasteiger partial charge >= 0.3 is 5.97 Å². The number of rotatable bonds is 7. The number of esters is 1. The van der Waals surface area contributed by atoms with E-state index in [9.17, 15) is 4.79 Å². The van der Waals surface area contributed by atoms with Gasteiger partial charge in [-0.05, 0) is 13.3 Å². The Bertz CT molecular complexity index is 204. The maximum absolute atomic E-state index is 11.7. The Kier molecular flexibility index (Phi) is 6.37. The lowest BCUT2D eigenvalue weighted by molar-refractivity contribution is -0.147. The van der Waals surface area contributed by atoms with Crippen molar-refractivity contribution in [2.24, 2.45) is 5.92 Å². The van der Waals surface area contributed by atoms with Gasteiger partial charge in [0.25, 0.3) is 0 Å². The van der Waals surface area contributed by atoms with Crippen LogP contribution in [0.5, 0.6) is 0 Å². The summed E-state index contributed by atoms with van der Waals surface area (Å²) < 4.78 is 15.3. The lowest BCUT2D eigenvalue weighted by atomic mass is 9.99. The first-order valence-electron chi connectivity index (χ1n) is 5.76. The van der Waals surface area contributed by atoms with Gasteiger partial charge in [-0.1, -0.05) is 0 Å². The average Bonchev–Trinajstić information content (AvgIpc) is 2.78. The predicted molar refractivity (Wildman–Crippen MR) is 59.2 cm³/mol. The summed E-state index contributed by atoms with van der Waals surface area (Å²) >= 11 is 0. The third-order valence-electron chi connectivity index (χ3n) is 2.65. The fraction of sp³-hybridized carbons (Fsp3) is 0.909. The Morgan fingerprint density at radius 1 is 1.62 bits per heavy atom. The first-order chi connectivity index (χ1) is 7.79. The summed E-state index contributed by atoms with van der Waals surface area (Å²) in [5.74, 6) is 0.0324. The van der Waals surface area contributed by atoms with Gasteiger partial charge in [0, 0.05) is 26.2 Å². The molecule has 5 nitrogen and oxygen atoms in total. The zero-order valence-electron chi connectivity index (χ0n) is 10.0. The Morgan fingerprint density at radius 3 is 3.00 bits per heavy atom. The maximum Gasteiger partial charge on any atom is 0.323 e. The summed E-state index contributed by atoms with van der Waals surface area (Å²) in [5, 5.41) is 3.17. The minimum atomic E-state index is -0.266. The molecule has 0 aromatic heterocycles. The zero-order valence-corrected chi connectivity index (χ0v) is 10.0. The van der Waals surface area contributed by atoms with Crippen molar-refractivity contribution >= 4 is 5.97 Å². The molecule has 2 unspecified atom stereocenters. The fourth-order valence-corrected chi connectivity index (χ4v) is 1.81. The number of methoxy groups -OCH3 is 1. The quantitative estimate of drug-likeness (QED) is 0.501. The maximum atomic E-state index is 11.7. The van der Waals surface area contributed by atoms with E-state index in [-0.39, 0.29) is 17.9 Å². The Balaban J connectivity index is 2.43. The molecule has 1 aliphatic heterocycles. The van der Waals surface area contributed by atoms with Crippen LogP contribution in [-0.4, -0.2) is 52.1 Å². The van der Waals surface area contributed by atoms with E-state index in [0.29, 0.717) is 26.4 Å². The van der Waals surface area contributed by atoms with E-state index in [1.165, 1.54) is 0 Å². The molecule has 0 aliphatic carbocycles. The van der Waals surface area contributed by atoms with Crippen LogP contribution in [0, 0.1) is 5.92 Å². The van der Waals surface area contributed by atoms with Crippen molar-refractivity contribution in [1.82, 2.24) is 5.32 Å². The molecule has 0 aromatic carbocycles. The van der Waals surface area contributed by atoms with Crippen LogP contribution in [0.1, 0.15) is 13.3 Å². The normalized spacial score (nSPS) is 22.0. The van der Waals surface area contributed by atoms with E-state index in [1.807, 2.05) is 6.92 Å². The van der Waals surface area contributed by atoms with E-state index in [0.717, 1.165) is 13.0 Å². The Hall–Kier alpha value is -0.650. The number of carbonyl (C=O) groups excluding carboxylic acids is 1. The van der Waals surface area contributed by atoms with Crippen LogP contribution in [0.25, 0.3) is 0 Å². The Morgan fingerprint density at radius 2 is 2.44 bits per heavy atom. The second-order valence-corrected chi connectivity index (χ2v) is 3.80. The first kappa shape index (κ1) is 13.4. The summed E-state index contributed by atoms with van der Waals surface area (Å²) in [5.41, 5.74) is 0. The standard InChI is InChI=1S/C11H21NO4/c1-3-16-11(13)10(12-5-7-14-2)9-4-6-15-8-9/h9-10,12H,3-8H2,1-2H3. The molecular formula is C11H21NO4. The van der Waals surface area contributed by atoms with Crippen LogP contribution in [0.15, 0.2) is 0 Å². The molecular weight excluding hydrogens is 210 g/mol. The monoisotopic (exact) mass is 231 g/mol. The number of hydrogen-bond donors (Lipinski definition) is 1. The van der Waals surface area contributed by atoms with Crippen molar-refractivity contribution in [3.8, 4) is 0 Å². The second kappa shape index (κ2) is 7.60. The summed E-state index contributed by atoms with van der Waals surface area (Å²) in [4.78, 5) is 11.7. The molecule has 5 heteroatoms. The topological polar surface area (TPSA) is 56.8 Å². The molecule has 0 aromatic rings. The van der Waals surface area contributed by atoms with Crippen LogP contribution < -0.4 is 5.32 Å². The molecule has 0 saturated carbocycles. The summed E-state index contributed by atoms with van der Waals surface area (Å²) in [6.45, 7) is 4.82. The summed E-state index contributed by atoms with van der Waals surface area (Å²) in [6, 6.07) is -0.266. The number of carbonyl (C=O) groups is 1. The molecule has 2 atom stereocenters. The highest BCUT2D eigenvalue weighted by Gasteiger charge is 2.31. The highest BCUT2D eigenvalue weighted by molar-refractivity contribution is 5.76. The van der Waals surface area contributed by atoms with Crippen LogP contribution >= 0.6 is 0 Å². The van der Waals surface area contributed by atoms with Gasteiger partial charge < -0.3 is 19.5 Å². The molecule has 1 rings (SSSR count). The van der Waals surface area contributed by atoms with Gasteiger partial charge in [0.2, 0.25) is 0 Å². The number of hydrogen-bond acceptors (Lipinski definition) is 5. The second-order valence-electron chi connectivity index (χ2n) is 3.80. The van der Waals surface area contributed by atoms with E-state index < -0.39 is 0 Å². The lowest BCUT2D eigenvalue weighted by Crippen LogP contribution is -2.45. The van der Waals surface area contributed by atoms with Gasteiger partial charge in [-0.25, -0.2) is 0 Å². The third-order valence-corrected chi connectivity index (χ3v) is 2.65. The molecule has 1 N–H and O–H groups in total. The minimum absolute atomic E-state index is 0.186. The van der Waals surface area contributed by atoms with E-state index in [1.54, 1.807) is 7.11 Å². The number of nitrogens with one attached hydrogen (secondary N) is 1. The lowest BCUT2D eigenvalue weighted by Gasteiger charge is -2.21. The molecule has 0 bridgehead atoms. The molecule has 1 saturated heterocycles. The van der Waals surface area contributed by atoms with Crippen molar-refractivity contribution < 1.29 is 19.0 Å². The zero-order chi connectivity index (χ0) is 11.8. The smallest absolute Gasteiger partial charge is 0.323 e. The molecule has 0 radical (unpaired) electrons. The Labute approximate surface area is 96.4 Å². The fourth-order valence-electron chi connectivity index (χ4n) is 1.81. The van der Waals surface area contributed by atoms with Crippen LogP contribution in [-0.2, 0) is 19.0 Å².